The zero-order valence-corrected chi connectivity index (χ0v) is 9.05. The molecule has 0 saturated heterocycles. The van der Waals surface area contributed by atoms with Crippen molar-refractivity contribution in [2.75, 3.05) is 0 Å². The maximum absolute atomic E-state index is 9.28. The minimum absolute atomic E-state index is 0.433. The number of rotatable bonds is 8. The Labute approximate surface area is 82.0 Å². The molecule has 0 rings (SSSR count). The lowest BCUT2D eigenvalue weighted by Gasteiger charge is -2.19. The Bertz CT molecular complexity index is 111. The van der Waals surface area contributed by atoms with Gasteiger partial charge in [0.2, 0.25) is 0 Å². The zero-order valence-electron chi connectivity index (χ0n) is 9.05. The Morgan fingerprint density at radius 2 is 1.38 bits per heavy atom. The van der Waals surface area contributed by atoms with Gasteiger partial charge in [-0.2, -0.15) is 0 Å². The van der Waals surface area contributed by atoms with E-state index < -0.39 is 5.79 Å². The van der Waals surface area contributed by atoms with Crippen LogP contribution in [-0.2, 0) is 0 Å². The Kier molecular flexibility index (Phi) is 7.29. The summed E-state index contributed by atoms with van der Waals surface area (Å²) in [6.07, 6.45) is 8.10. The van der Waals surface area contributed by atoms with Crippen molar-refractivity contribution < 1.29 is 10.2 Å². The predicted octanol–water partition coefficient (Wildman–Crippen LogP) is 2.83. The Morgan fingerprint density at radius 3 is 1.92 bits per heavy atom. The van der Waals surface area contributed by atoms with E-state index in [2.05, 4.69) is 6.92 Å². The lowest BCUT2D eigenvalue weighted by molar-refractivity contribution is -0.167. The third-order valence-corrected chi connectivity index (χ3v) is 2.50. The van der Waals surface area contributed by atoms with Gasteiger partial charge in [-0.15, -0.1) is 0 Å². The highest BCUT2D eigenvalue weighted by atomic mass is 16.5. The summed E-state index contributed by atoms with van der Waals surface area (Å²) in [4.78, 5) is 0. The molecular weight excluding hydrogens is 164 g/mol. The number of unbranched alkanes of at least 4 members (excludes halogenated alkanes) is 5. The molecule has 0 heterocycles. The fraction of sp³-hybridized carbons (Fsp3) is 1.00. The van der Waals surface area contributed by atoms with Crippen molar-refractivity contribution in [3.05, 3.63) is 0 Å². The largest absolute Gasteiger partial charge is 0.366 e. The van der Waals surface area contributed by atoms with Crippen LogP contribution < -0.4 is 0 Å². The van der Waals surface area contributed by atoms with Gasteiger partial charge in [0, 0.05) is 6.42 Å². The molecule has 2 heteroatoms. The van der Waals surface area contributed by atoms with E-state index in [0.717, 1.165) is 12.8 Å². The smallest absolute Gasteiger partial charge is 0.162 e. The molecule has 0 atom stereocenters. The molecule has 0 radical (unpaired) electrons. The SMILES string of the molecule is CCCCCCCCC(O)(O)CC. The topological polar surface area (TPSA) is 40.5 Å². The lowest BCUT2D eigenvalue weighted by Crippen LogP contribution is -2.26. The van der Waals surface area contributed by atoms with Crippen LogP contribution in [0.2, 0.25) is 0 Å². The molecule has 0 aromatic carbocycles. The van der Waals surface area contributed by atoms with Crippen molar-refractivity contribution >= 4 is 0 Å². The first-order valence-corrected chi connectivity index (χ1v) is 5.57. The van der Waals surface area contributed by atoms with Crippen LogP contribution in [0.15, 0.2) is 0 Å². The fourth-order valence-electron chi connectivity index (χ4n) is 1.37. The van der Waals surface area contributed by atoms with Gasteiger partial charge in [-0.1, -0.05) is 46.0 Å². The summed E-state index contributed by atoms with van der Waals surface area (Å²) in [6.45, 7) is 4.00. The minimum Gasteiger partial charge on any atom is -0.366 e. The van der Waals surface area contributed by atoms with Crippen LogP contribution in [-0.4, -0.2) is 16.0 Å². The normalized spacial score (nSPS) is 12.0. The quantitative estimate of drug-likeness (QED) is 0.454. The second kappa shape index (κ2) is 7.34. The van der Waals surface area contributed by atoms with Crippen LogP contribution in [0.1, 0.15) is 65.2 Å². The highest BCUT2D eigenvalue weighted by Gasteiger charge is 2.18. The molecule has 2 N–H and O–H groups in total. The van der Waals surface area contributed by atoms with Gasteiger partial charge in [-0.3, -0.25) is 0 Å². The monoisotopic (exact) mass is 188 g/mol. The lowest BCUT2D eigenvalue weighted by atomic mass is 10.0. The van der Waals surface area contributed by atoms with Crippen molar-refractivity contribution in [3.63, 3.8) is 0 Å². The molecule has 2 nitrogen and oxygen atoms in total. The average molecular weight is 188 g/mol. The van der Waals surface area contributed by atoms with E-state index in [-0.39, 0.29) is 0 Å². The first-order valence-electron chi connectivity index (χ1n) is 5.57. The van der Waals surface area contributed by atoms with E-state index in [1.807, 2.05) is 0 Å². The molecule has 0 aliphatic rings. The molecule has 0 amide bonds. The Hall–Kier alpha value is -0.0800. The third-order valence-electron chi connectivity index (χ3n) is 2.50. The van der Waals surface area contributed by atoms with Crippen LogP contribution in [0.4, 0.5) is 0 Å². The van der Waals surface area contributed by atoms with Gasteiger partial charge >= 0.3 is 0 Å². The van der Waals surface area contributed by atoms with Crippen molar-refractivity contribution in [3.8, 4) is 0 Å². The highest BCUT2D eigenvalue weighted by Crippen LogP contribution is 2.16. The molecule has 0 spiro atoms. The molecule has 0 aromatic rings. The number of aliphatic hydroxyl groups is 2. The average Bonchev–Trinajstić information content (AvgIpc) is 2.11. The molecule has 0 aliphatic heterocycles. The van der Waals surface area contributed by atoms with E-state index >= 15 is 0 Å². The Balaban J connectivity index is 3.16. The van der Waals surface area contributed by atoms with Crippen LogP contribution in [0.3, 0.4) is 0 Å². The second-order valence-corrected chi connectivity index (χ2v) is 3.85. The van der Waals surface area contributed by atoms with Gasteiger partial charge in [-0.25, -0.2) is 0 Å². The van der Waals surface area contributed by atoms with E-state index in [9.17, 15) is 10.2 Å². The fourth-order valence-corrected chi connectivity index (χ4v) is 1.37. The van der Waals surface area contributed by atoms with Gasteiger partial charge in [0.05, 0.1) is 0 Å². The van der Waals surface area contributed by atoms with Crippen LogP contribution in [0.25, 0.3) is 0 Å². The zero-order chi connectivity index (χ0) is 10.2. The van der Waals surface area contributed by atoms with Gasteiger partial charge < -0.3 is 10.2 Å². The molecule has 0 unspecified atom stereocenters. The van der Waals surface area contributed by atoms with Gasteiger partial charge in [0.25, 0.3) is 0 Å². The van der Waals surface area contributed by atoms with E-state index in [4.69, 9.17) is 0 Å². The maximum Gasteiger partial charge on any atom is 0.162 e. The summed E-state index contributed by atoms with van der Waals surface area (Å²) >= 11 is 0. The molecule has 13 heavy (non-hydrogen) atoms. The highest BCUT2D eigenvalue weighted by molar-refractivity contribution is 4.61. The van der Waals surface area contributed by atoms with E-state index in [1.165, 1.54) is 25.7 Å². The molecule has 0 aliphatic carbocycles. The predicted molar refractivity (Wildman–Crippen MR) is 55.5 cm³/mol. The van der Waals surface area contributed by atoms with Gasteiger partial charge in [0.15, 0.2) is 5.79 Å². The van der Waals surface area contributed by atoms with Gasteiger partial charge in [0.1, 0.15) is 0 Å². The molecule has 0 saturated carbocycles. The van der Waals surface area contributed by atoms with E-state index in [0.29, 0.717) is 12.8 Å². The van der Waals surface area contributed by atoms with Crippen molar-refractivity contribution in [2.24, 2.45) is 0 Å². The minimum atomic E-state index is -1.41. The summed E-state index contributed by atoms with van der Waals surface area (Å²) in [5.74, 6) is -1.41. The maximum atomic E-state index is 9.28. The molecule has 0 bridgehead atoms. The third kappa shape index (κ3) is 8.26. The van der Waals surface area contributed by atoms with Crippen molar-refractivity contribution in [1.82, 2.24) is 0 Å². The van der Waals surface area contributed by atoms with Crippen molar-refractivity contribution in [2.45, 2.75) is 71.0 Å². The summed E-state index contributed by atoms with van der Waals surface area (Å²) in [5, 5.41) is 18.6. The summed E-state index contributed by atoms with van der Waals surface area (Å²) < 4.78 is 0. The van der Waals surface area contributed by atoms with Crippen LogP contribution >= 0.6 is 0 Å². The molecule has 80 valence electrons. The summed E-state index contributed by atoms with van der Waals surface area (Å²) in [6, 6.07) is 0. The van der Waals surface area contributed by atoms with Crippen LogP contribution in [0, 0.1) is 0 Å². The van der Waals surface area contributed by atoms with E-state index in [1.54, 1.807) is 6.92 Å². The first-order chi connectivity index (χ1) is 6.12. The second-order valence-electron chi connectivity index (χ2n) is 3.85. The van der Waals surface area contributed by atoms with Crippen molar-refractivity contribution in [1.29, 1.82) is 0 Å². The molecule has 0 fully saturated rings. The summed E-state index contributed by atoms with van der Waals surface area (Å²) in [5.41, 5.74) is 0. The summed E-state index contributed by atoms with van der Waals surface area (Å²) in [7, 11) is 0. The Morgan fingerprint density at radius 1 is 0.846 bits per heavy atom. The number of hydrogen-bond acceptors (Lipinski definition) is 2. The number of hydrogen-bond donors (Lipinski definition) is 2. The van der Waals surface area contributed by atoms with Gasteiger partial charge in [-0.05, 0) is 12.8 Å². The van der Waals surface area contributed by atoms with Crippen LogP contribution in [0.5, 0.6) is 0 Å². The standard InChI is InChI=1S/C11H24O2/c1-3-5-6-7-8-9-10-11(12,13)4-2/h12-13H,3-10H2,1-2H3. The first kappa shape index (κ1) is 12.9. The molecular formula is C11H24O2. The molecule has 0 aromatic heterocycles.